The number of nitrogens with one attached hydrogen (secondary N) is 1. The Labute approximate surface area is 186 Å². The van der Waals surface area contributed by atoms with Crippen LogP contribution in [-0.4, -0.2) is 27.6 Å². The molecule has 1 aliphatic rings. The van der Waals surface area contributed by atoms with Crippen LogP contribution in [0.25, 0.3) is 0 Å². The summed E-state index contributed by atoms with van der Waals surface area (Å²) < 4.78 is 1.18. The predicted molar refractivity (Wildman–Crippen MR) is 124 cm³/mol. The standard InChI is InChI=1S/C25H26N4O3/c1-3-18-8-10-20(11-9-18)26-23(30)14-15-28-24(31)13-12-21(27-28)25(32)29-17(2)16-19-6-4-5-7-22(19)29/h4-13,17H,3,14-16H2,1-2H3,(H,26,30)/t17-/m0/s1. The van der Waals surface area contributed by atoms with Crippen molar-refractivity contribution in [3.05, 3.63) is 87.8 Å². The highest BCUT2D eigenvalue weighted by molar-refractivity contribution is 6.06. The van der Waals surface area contributed by atoms with Crippen LogP contribution < -0.4 is 15.8 Å². The minimum atomic E-state index is -0.350. The molecule has 0 fully saturated rings. The summed E-state index contributed by atoms with van der Waals surface area (Å²) in [6.07, 6.45) is 1.78. The smallest absolute Gasteiger partial charge is 0.278 e. The van der Waals surface area contributed by atoms with E-state index in [0.717, 1.165) is 24.1 Å². The normalized spacial score (nSPS) is 14.8. The number of carbonyl (C=O) groups is 2. The van der Waals surface area contributed by atoms with Crippen LogP contribution in [-0.2, 0) is 24.2 Å². The van der Waals surface area contributed by atoms with Crippen molar-refractivity contribution in [2.75, 3.05) is 10.2 Å². The Morgan fingerprint density at radius 3 is 2.56 bits per heavy atom. The maximum Gasteiger partial charge on any atom is 0.278 e. The molecule has 1 aromatic heterocycles. The number of para-hydroxylation sites is 1. The van der Waals surface area contributed by atoms with Crippen molar-refractivity contribution in [3.8, 4) is 0 Å². The highest BCUT2D eigenvalue weighted by Gasteiger charge is 2.32. The Kier molecular flexibility index (Phi) is 6.16. The van der Waals surface area contributed by atoms with Gasteiger partial charge in [0.05, 0.1) is 6.54 Å². The fourth-order valence-electron chi connectivity index (χ4n) is 3.98. The van der Waals surface area contributed by atoms with Crippen LogP contribution in [0.1, 0.15) is 41.9 Å². The van der Waals surface area contributed by atoms with Gasteiger partial charge in [-0.05, 0) is 55.2 Å². The van der Waals surface area contributed by atoms with Gasteiger partial charge in [-0.3, -0.25) is 14.4 Å². The highest BCUT2D eigenvalue weighted by Crippen LogP contribution is 2.32. The molecule has 1 atom stereocenters. The molecule has 0 saturated carbocycles. The van der Waals surface area contributed by atoms with Crippen molar-refractivity contribution in [3.63, 3.8) is 0 Å². The number of nitrogens with zero attached hydrogens (tertiary/aromatic N) is 3. The van der Waals surface area contributed by atoms with E-state index in [0.29, 0.717) is 5.69 Å². The molecular formula is C25H26N4O3. The highest BCUT2D eigenvalue weighted by atomic mass is 16.2. The number of amides is 2. The molecule has 0 radical (unpaired) electrons. The maximum absolute atomic E-state index is 13.2. The second-order valence-electron chi connectivity index (χ2n) is 7.99. The lowest BCUT2D eigenvalue weighted by molar-refractivity contribution is -0.116. The van der Waals surface area contributed by atoms with E-state index in [4.69, 9.17) is 0 Å². The summed E-state index contributed by atoms with van der Waals surface area (Å²) >= 11 is 0. The van der Waals surface area contributed by atoms with E-state index in [1.54, 1.807) is 4.90 Å². The van der Waals surface area contributed by atoms with Gasteiger partial charge in [0, 0.05) is 29.9 Å². The first kappa shape index (κ1) is 21.5. The van der Waals surface area contributed by atoms with Crippen molar-refractivity contribution < 1.29 is 9.59 Å². The zero-order chi connectivity index (χ0) is 22.7. The van der Waals surface area contributed by atoms with E-state index >= 15 is 0 Å². The summed E-state index contributed by atoms with van der Waals surface area (Å²) in [6, 6.07) is 18.2. The molecule has 7 heteroatoms. The minimum absolute atomic E-state index is 0.00644. The van der Waals surface area contributed by atoms with Crippen LogP contribution in [0.4, 0.5) is 11.4 Å². The van der Waals surface area contributed by atoms with Gasteiger partial charge in [-0.2, -0.15) is 5.10 Å². The first-order valence-corrected chi connectivity index (χ1v) is 10.8. The molecule has 3 aromatic rings. The quantitative estimate of drug-likeness (QED) is 0.649. The van der Waals surface area contributed by atoms with E-state index in [1.807, 2.05) is 55.5 Å². The molecule has 0 spiro atoms. The average Bonchev–Trinajstić information content (AvgIpc) is 3.14. The lowest BCUT2D eigenvalue weighted by Gasteiger charge is -2.22. The van der Waals surface area contributed by atoms with Gasteiger partial charge >= 0.3 is 0 Å². The summed E-state index contributed by atoms with van der Waals surface area (Å²) in [7, 11) is 0. The van der Waals surface area contributed by atoms with Crippen LogP contribution in [0.15, 0.2) is 65.5 Å². The zero-order valence-corrected chi connectivity index (χ0v) is 18.2. The third kappa shape index (κ3) is 4.46. The first-order chi connectivity index (χ1) is 15.5. The SMILES string of the molecule is CCc1ccc(NC(=O)CCn2nc(C(=O)N3c4ccccc4C[C@@H]3C)ccc2=O)cc1. The van der Waals surface area contributed by atoms with Crippen LogP contribution in [0.2, 0.25) is 0 Å². The number of hydrogen-bond acceptors (Lipinski definition) is 4. The van der Waals surface area contributed by atoms with Gasteiger partial charge in [0.1, 0.15) is 5.69 Å². The van der Waals surface area contributed by atoms with Gasteiger partial charge in [-0.25, -0.2) is 4.68 Å². The summed E-state index contributed by atoms with van der Waals surface area (Å²) in [5.41, 5.74) is 3.72. The molecule has 1 aliphatic heterocycles. The van der Waals surface area contributed by atoms with Gasteiger partial charge in [-0.15, -0.1) is 0 Å². The summed E-state index contributed by atoms with van der Waals surface area (Å²) in [5.74, 6) is -0.474. The number of hydrogen-bond donors (Lipinski definition) is 1. The Balaban J connectivity index is 1.45. The van der Waals surface area contributed by atoms with E-state index in [1.165, 1.54) is 22.4 Å². The zero-order valence-electron chi connectivity index (χ0n) is 18.2. The molecule has 0 aliphatic carbocycles. The third-order valence-corrected chi connectivity index (χ3v) is 5.71. The topological polar surface area (TPSA) is 84.3 Å². The second kappa shape index (κ2) is 9.18. The molecule has 164 valence electrons. The molecule has 0 unspecified atom stereocenters. The number of aromatic nitrogens is 2. The molecule has 7 nitrogen and oxygen atoms in total. The van der Waals surface area contributed by atoms with Crippen molar-refractivity contribution in [1.82, 2.24) is 9.78 Å². The van der Waals surface area contributed by atoms with Crippen molar-refractivity contribution >= 4 is 23.2 Å². The van der Waals surface area contributed by atoms with Gasteiger partial charge in [-0.1, -0.05) is 37.3 Å². The Morgan fingerprint density at radius 2 is 1.81 bits per heavy atom. The monoisotopic (exact) mass is 430 g/mol. The number of rotatable bonds is 6. The fourth-order valence-corrected chi connectivity index (χ4v) is 3.98. The molecule has 32 heavy (non-hydrogen) atoms. The van der Waals surface area contributed by atoms with Crippen LogP contribution in [0.3, 0.4) is 0 Å². The minimum Gasteiger partial charge on any atom is -0.326 e. The van der Waals surface area contributed by atoms with E-state index < -0.39 is 0 Å². The molecule has 0 bridgehead atoms. The number of fused-ring (bicyclic) bond motifs is 1. The number of benzene rings is 2. The first-order valence-electron chi connectivity index (χ1n) is 10.8. The predicted octanol–water partition coefficient (Wildman–Crippen LogP) is 3.43. The third-order valence-electron chi connectivity index (χ3n) is 5.71. The molecule has 2 heterocycles. The summed E-state index contributed by atoms with van der Waals surface area (Å²) in [6.45, 7) is 4.15. The molecular weight excluding hydrogens is 404 g/mol. The van der Waals surface area contributed by atoms with E-state index in [2.05, 4.69) is 17.3 Å². The molecule has 1 N–H and O–H groups in total. The maximum atomic E-state index is 13.2. The Morgan fingerprint density at radius 1 is 1.06 bits per heavy atom. The van der Waals surface area contributed by atoms with Crippen LogP contribution in [0, 0.1) is 0 Å². The molecule has 2 amide bonds. The molecule has 2 aromatic carbocycles. The Hall–Kier alpha value is -3.74. The lowest BCUT2D eigenvalue weighted by atomic mass is 10.1. The second-order valence-corrected chi connectivity index (χ2v) is 7.99. The number of anilines is 2. The summed E-state index contributed by atoms with van der Waals surface area (Å²) in [5, 5.41) is 7.08. The van der Waals surface area contributed by atoms with Crippen molar-refractivity contribution in [1.29, 1.82) is 0 Å². The van der Waals surface area contributed by atoms with E-state index in [9.17, 15) is 14.4 Å². The van der Waals surface area contributed by atoms with Crippen LogP contribution in [0.5, 0.6) is 0 Å². The largest absolute Gasteiger partial charge is 0.326 e. The van der Waals surface area contributed by atoms with Gasteiger partial charge in [0.15, 0.2) is 0 Å². The van der Waals surface area contributed by atoms with E-state index in [-0.39, 0.29) is 42.1 Å². The van der Waals surface area contributed by atoms with Gasteiger partial charge < -0.3 is 10.2 Å². The molecule has 4 rings (SSSR count). The van der Waals surface area contributed by atoms with Crippen molar-refractivity contribution in [2.45, 2.75) is 45.7 Å². The van der Waals surface area contributed by atoms with Gasteiger partial charge in [0.25, 0.3) is 11.5 Å². The van der Waals surface area contributed by atoms with Gasteiger partial charge in [0.2, 0.25) is 5.91 Å². The van der Waals surface area contributed by atoms with Crippen LogP contribution >= 0.6 is 0 Å². The number of carbonyl (C=O) groups excluding carboxylic acids is 2. The van der Waals surface area contributed by atoms with Crippen molar-refractivity contribution in [2.24, 2.45) is 0 Å². The fraction of sp³-hybridized carbons (Fsp3) is 0.280. The average molecular weight is 431 g/mol. The Bertz CT molecular complexity index is 1200. The molecule has 0 saturated heterocycles. The number of aryl methyl sites for hydroxylation is 2. The lowest BCUT2D eigenvalue weighted by Crippen LogP contribution is -2.37. The summed E-state index contributed by atoms with van der Waals surface area (Å²) in [4.78, 5) is 39.5.